The molecule has 2 aliphatic rings. The van der Waals surface area contributed by atoms with E-state index in [4.69, 9.17) is 4.42 Å². The molecule has 0 bridgehead atoms. The van der Waals surface area contributed by atoms with Gasteiger partial charge >= 0.3 is 5.97 Å². The Balaban J connectivity index is 1.90. The smallest absolute Gasteiger partial charge is 0.337 e. The van der Waals surface area contributed by atoms with E-state index < -0.39 is 11.3 Å². The summed E-state index contributed by atoms with van der Waals surface area (Å²) >= 11 is 1.13. The maximum atomic E-state index is 12.7. The van der Waals surface area contributed by atoms with Gasteiger partial charge in [-0.25, -0.2) is 4.79 Å². The number of anilines is 1. The summed E-state index contributed by atoms with van der Waals surface area (Å²) in [6, 6.07) is 1.86. The monoisotopic (exact) mass is 308 g/mol. The maximum Gasteiger partial charge on any atom is 0.337 e. The highest BCUT2D eigenvalue weighted by atomic mass is 32.2. The Labute approximate surface area is 126 Å². The standard InChI is InChI=1S/C14H16N2O4S/c1-9-3-2-5-15(9)12(17)11-8-21-13(14(18)19)16(11)10-4-6-20-7-10/h4,6-9,13H,2-3,5H2,1H3,(H,18,19)/t9?,13-/m0/s1. The summed E-state index contributed by atoms with van der Waals surface area (Å²) in [5.41, 5.74) is 0.987. The molecule has 3 heterocycles. The normalized spacial score (nSPS) is 25.3. The molecule has 0 aromatic carbocycles. The molecule has 1 saturated heterocycles. The highest BCUT2D eigenvalue weighted by molar-refractivity contribution is 8.03. The van der Waals surface area contributed by atoms with Crippen LogP contribution >= 0.6 is 11.8 Å². The Kier molecular flexibility index (Phi) is 3.67. The average molecular weight is 308 g/mol. The quantitative estimate of drug-likeness (QED) is 0.921. The van der Waals surface area contributed by atoms with E-state index in [1.165, 1.54) is 17.4 Å². The van der Waals surface area contributed by atoms with E-state index in [2.05, 4.69) is 0 Å². The highest BCUT2D eigenvalue weighted by Gasteiger charge is 2.40. The van der Waals surface area contributed by atoms with Crippen molar-refractivity contribution < 1.29 is 19.1 Å². The third-order valence-electron chi connectivity index (χ3n) is 3.83. The minimum atomic E-state index is -0.977. The summed E-state index contributed by atoms with van der Waals surface area (Å²) in [6.45, 7) is 2.74. The van der Waals surface area contributed by atoms with Crippen LogP contribution in [0.15, 0.2) is 34.1 Å². The molecule has 1 unspecified atom stereocenters. The molecule has 1 amide bonds. The number of carboxylic acid groups (broad SMARTS) is 1. The summed E-state index contributed by atoms with van der Waals surface area (Å²) in [7, 11) is 0. The molecule has 2 atom stereocenters. The molecule has 112 valence electrons. The molecule has 1 aromatic rings. The lowest BCUT2D eigenvalue weighted by Gasteiger charge is -2.28. The van der Waals surface area contributed by atoms with Crippen molar-refractivity contribution in [3.05, 3.63) is 29.7 Å². The van der Waals surface area contributed by atoms with E-state index in [0.29, 0.717) is 11.4 Å². The van der Waals surface area contributed by atoms with Gasteiger partial charge in [0.25, 0.3) is 5.91 Å². The van der Waals surface area contributed by atoms with Gasteiger partial charge in [0.05, 0.1) is 12.0 Å². The average Bonchev–Trinajstić information content (AvgIpc) is 3.17. The number of furan rings is 1. The maximum absolute atomic E-state index is 12.7. The molecule has 0 radical (unpaired) electrons. The number of hydrogen-bond acceptors (Lipinski definition) is 5. The van der Waals surface area contributed by atoms with Crippen LogP contribution in [0, 0.1) is 0 Å². The molecule has 6 nitrogen and oxygen atoms in total. The van der Waals surface area contributed by atoms with Gasteiger partial charge in [-0.1, -0.05) is 11.8 Å². The van der Waals surface area contributed by atoms with Gasteiger partial charge in [-0.05, 0) is 19.8 Å². The zero-order valence-corrected chi connectivity index (χ0v) is 12.4. The third-order valence-corrected chi connectivity index (χ3v) is 4.86. The van der Waals surface area contributed by atoms with E-state index in [1.807, 2.05) is 11.8 Å². The third kappa shape index (κ3) is 2.42. The van der Waals surface area contributed by atoms with Crippen LogP contribution in [0.2, 0.25) is 0 Å². The first-order valence-electron chi connectivity index (χ1n) is 6.80. The van der Waals surface area contributed by atoms with Crippen molar-refractivity contribution in [2.24, 2.45) is 0 Å². The molecular formula is C14H16N2O4S. The lowest BCUT2D eigenvalue weighted by Crippen LogP contribution is -2.43. The molecule has 2 aliphatic heterocycles. The summed E-state index contributed by atoms with van der Waals surface area (Å²) in [6.07, 6.45) is 4.90. The number of amides is 1. The second kappa shape index (κ2) is 5.48. The van der Waals surface area contributed by atoms with Crippen LogP contribution in [0.5, 0.6) is 0 Å². The van der Waals surface area contributed by atoms with Gasteiger partial charge in [0.2, 0.25) is 0 Å². The van der Waals surface area contributed by atoms with Crippen LogP contribution in [0.25, 0.3) is 0 Å². The molecule has 0 spiro atoms. The zero-order chi connectivity index (χ0) is 15.0. The number of likely N-dealkylation sites (tertiary alicyclic amines) is 1. The molecule has 3 rings (SSSR count). The minimum Gasteiger partial charge on any atom is -0.479 e. The van der Waals surface area contributed by atoms with E-state index in [-0.39, 0.29) is 11.9 Å². The van der Waals surface area contributed by atoms with Crippen LogP contribution in [0.3, 0.4) is 0 Å². The summed E-state index contributed by atoms with van der Waals surface area (Å²) in [5.74, 6) is -1.09. The van der Waals surface area contributed by atoms with E-state index in [0.717, 1.165) is 31.1 Å². The molecule has 1 aromatic heterocycles. The van der Waals surface area contributed by atoms with Crippen LogP contribution in [0.4, 0.5) is 5.69 Å². The number of thioether (sulfide) groups is 1. The number of carbonyl (C=O) groups excluding carboxylic acids is 1. The molecule has 7 heteroatoms. The lowest BCUT2D eigenvalue weighted by atomic mass is 10.2. The van der Waals surface area contributed by atoms with Crippen LogP contribution < -0.4 is 4.90 Å². The Morgan fingerprint density at radius 2 is 2.29 bits per heavy atom. The second-order valence-electron chi connectivity index (χ2n) is 5.17. The number of hydrogen-bond donors (Lipinski definition) is 1. The molecule has 0 saturated carbocycles. The number of rotatable bonds is 3. The second-order valence-corrected chi connectivity index (χ2v) is 6.13. The Bertz CT molecular complexity index is 584. The summed E-state index contributed by atoms with van der Waals surface area (Å²) < 4.78 is 5.03. The molecular weight excluding hydrogens is 292 g/mol. The van der Waals surface area contributed by atoms with Gasteiger partial charge in [-0.15, -0.1) is 0 Å². The predicted octanol–water partition coefficient (Wildman–Crippen LogP) is 2.10. The fourth-order valence-corrected chi connectivity index (χ4v) is 3.69. The van der Waals surface area contributed by atoms with Crippen molar-refractivity contribution >= 4 is 29.3 Å². The van der Waals surface area contributed by atoms with Gasteiger partial charge < -0.3 is 19.3 Å². The van der Waals surface area contributed by atoms with Crippen LogP contribution in [-0.4, -0.2) is 39.8 Å². The molecule has 1 N–H and O–H groups in total. The molecule has 0 aliphatic carbocycles. The van der Waals surface area contributed by atoms with Crippen molar-refractivity contribution in [1.82, 2.24) is 4.90 Å². The first kappa shape index (κ1) is 14.1. The Morgan fingerprint density at radius 3 is 2.86 bits per heavy atom. The summed E-state index contributed by atoms with van der Waals surface area (Å²) in [5, 5.41) is 10.2. The van der Waals surface area contributed by atoms with Crippen molar-refractivity contribution in [2.75, 3.05) is 11.4 Å². The predicted molar refractivity (Wildman–Crippen MR) is 78.7 cm³/mol. The summed E-state index contributed by atoms with van der Waals surface area (Å²) in [4.78, 5) is 27.5. The van der Waals surface area contributed by atoms with Gasteiger partial charge in [-0.3, -0.25) is 4.79 Å². The van der Waals surface area contributed by atoms with Crippen molar-refractivity contribution in [1.29, 1.82) is 0 Å². The number of carbonyl (C=O) groups is 2. The molecule has 1 fully saturated rings. The SMILES string of the molecule is CC1CCCN1C(=O)C1=CS[C@@H](C(=O)O)N1c1ccoc1. The van der Waals surface area contributed by atoms with Gasteiger partial charge in [-0.2, -0.15) is 0 Å². The topological polar surface area (TPSA) is 74.0 Å². The fourth-order valence-electron chi connectivity index (χ4n) is 2.75. The van der Waals surface area contributed by atoms with Gasteiger partial charge in [0.1, 0.15) is 12.0 Å². The molecule has 21 heavy (non-hydrogen) atoms. The largest absolute Gasteiger partial charge is 0.479 e. The van der Waals surface area contributed by atoms with E-state index in [9.17, 15) is 14.7 Å². The first-order valence-corrected chi connectivity index (χ1v) is 7.74. The van der Waals surface area contributed by atoms with Gasteiger partial charge in [0, 0.05) is 24.1 Å². The van der Waals surface area contributed by atoms with Crippen molar-refractivity contribution in [2.45, 2.75) is 31.2 Å². The number of aliphatic carboxylic acids is 1. The Morgan fingerprint density at radius 1 is 1.48 bits per heavy atom. The van der Waals surface area contributed by atoms with Crippen molar-refractivity contribution in [3.8, 4) is 0 Å². The number of carboxylic acids is 1. The van der Waals surface area contributed by atoms with Crippen molar-refractivity contribution in [3.63, 3.8) is 0 Å². The van der Waals surface area contributed by atoms with Gasteiger partial charge in [0.15, 0.2) is 5.37 Å². The first-order chi connectivity index (χ1) is 10.1. The van der Waals surface area contributed by atoms with Crippen LogP contribution in [0.1, 0.15) is 19.8 Å². The lowest BCUT2D eigenvalue weighted by molar-refractivity contribution is -0.136. The number of nitrogens with zero attached hydrogens (tertiary/aromatic N) is 2. The fraction of sp³-hybridized carbons (Fsp3) is 0.429. The van der Waals surface area contributed by atoms with E-state index >= 15 is 0 Å². The minimum absolute atomic E-state index is 0.113. The zero-order valence-electron chi connectivity index (χ0n) is 11.6. The van der Waals surface area contributed by atoms with E-state index in [1.54, 1.807) is 11.5 Å². The highest BCUT2D eigenvalue weighted by Crippen LogP contribution is 2.37. The Hall–Kier alpha value is -1.89. The van der Waals surface area contributed by atoms with Crippen LogP contribution in [-0.2, 0) is 9.59 Å².